The zero-order chi connectivity index (χ0) is 28.9. The molecule has 1 fully saturated rings. The van der Waals surface area contributed by atoms with Gasteiger partial charge in [-0.15, -0.1) is 0 Å². The minimum absolute atomic E-state index is 0.274. The van der Waals surface area contributed by atoms with Crippen LogP contribution in [0.2, 0.25) is 0 Å². The van der Waals surface area contributed by atoms with E-state index in [0.717, 1.165) is 28.6 Å². The molecule has 0 aliphatic carbocycles. The molecule has 0 bridgehead atoms. The Hall–Kier alpha value is -4.37. The standard InChI is InChI=1S/C32H37FN6O2/c1-22(26-20-34-28-13-6-4-11-25(26)28)30(31(40)35-24-10-8-9-23(19-24)21-37(2)3)36-32(41)39-17-15-38(16-18-39)29-14-7-5-12-27(29)33/h4-14,19-20,22,30,34H,15-18,21H2,1-3H3,(H,35,40)(H,36,41)/t22-,30-/m1/s1. The number of amides is 3. The Morgan fingerprint density at radius 2 is 1.71 bits per heavy atom. The van der Waals surface area contributed by atoms with Crippen LogP contribution >= 0.6 is 0 Å². The lowest BCUT2D eigenvalue weighted by atomic mass is 9.92. The quantitative estimate of drug-likeness (QED) is 0.285. The monoisotopic (exact) mass is 556 g/mol. The summed E-state index contributed by atoms with van der Waals surface area (Å²) < 4.78 is 14.3. The van der Waals surface area contributed by atoms with Gasteiger partial charge in [0.2, 0.25) is 5.91 Å². The molecule has 1 aliphatic rings. The predicted molar refractivity (Wildman–Crippen MR) is 162 cm³/mol. The molecular formula is C32H37FN6O2. The minimum atomic E-state index is -0.830. The van der Waals surface area contributed by atoms with E-state index in [9.17, 15) is 14.0 Å². The van der Waals surface area contributed by atoms with Crippen molar-refractivity contribution in [2.24, 2.45) is 0 Å². The van der Waals surface area contributed by atoms with Crippen molar-refractivity contribution in [3.8, 4) is 0 Å². The number of aromatic amines is 1. The summed E-state index contributed by atoms with van der Waals surface area (Å²) in [6.07, 6.45) is 1.91. The highest BCUT2D eigenvalue weighted by atomic mass is 19.1. The molecule has 9 heteroatoms. The number of nitrogens with one attached hydrogen (secondary N) is 3. The lowest BCUT2D eigenvalue weighted by Gasteiger charge is -2.37. The Bertz CT molecular complexity index is 1510. The smallest absolute Gasteiger partial charge is 0.318 e. The Kier molecular flexibility index (Phi) is 8.54. The molecule has 2 atom stereocenters. The molecular weight excluding hydrogens is 519 g/mol. The molecule has 3 N–H and O–H groups in total. The van der Waals surface area contributed by atoms with Crippen molar-refractivity contribution in [2.45, 2.75) is 25.4 Å². The van der Waals surface area contributed by atoms with Gasteiger partial charge in [0.05, 0.1) is 5.69 Å². The molecule has 41 heavy (non-hydrogen) atoms. The topological polar surface area (TPSA) is 83.7 Å². The molecule has 3 aromatic carbocycles. The number of nitrogens with zero attached hydrogens (tertiary/aromatic N) is 3. The number of fused-ring (bicyclic) bond motifs is 1. The first kappa shape index (κ1) is 28.2. The Balaban J connectivity index is 1.34. The van der Waals surface area contributed by atoms with Crippen molar-refractivity contribution in [1.82, 2.24) is 20.1 Å². The third-order valence-electron chi connectivity index (χ3n) is 7.63. The van der Waals surface area contributed by atoms with E-state index in [2.05, 4.69) is 20.5 Å². The summed E-state index contributed by atoms with van der Waals surface area (Å²) in [5.41, 5.74) is 4.21. The highest BCUT2D eigenvalue weighted by Gasteiger charge is 2.32. The number of urea groups is 1. The van der Waals surface area contributed by atoms with Crippen molar-refractivity contribution in [2.75, 3.05) is 50.5 Å². The number of hydrogen-bond donors (Lipinski definition) is 3. The van der Waals surface area contributed by atoms with E-state index in [0.29, 0.717) is 37.6 Å². The number of rotatable bonds is 8. The third kappa shape index (κ3) is 6.52. The van der Waals surface area contributed by atoms with E-state index in [4.69, 9.17) is 0 Å². The maximum absolute atomic E-state index is 14.3. The molecule has 1 saturated heterocycles. The van der Waals surface area contributed by atoms with Crippen molar-refractivity contribution < 1.29 is 14.0 Å². The van der Waals surface area contributed by atoms with Crippen molar-refractivity contribution >= 4 is 34.2 Å². The Labute approximate surface area is 240 Å². The first-order chi connectivity index (χ1) is 19.8. The fourth-order valence-corrected chi connectivity index (χ4v) is 5.48. The van der Waals surface area contributed by atoms with Crippen LogP contribution < -0.4 is 15.5 Å². The Morgan fingerprint density at radius 1 is 0.976 bits per heavy atom. The van der Waals surface area contributed by atoms with E-state index in [-0.39, 0.29) is 23.7 Å². The van der Waals surface area contributed by atoms with Crippen LogP contribution in [0.3, 0.4) is 0 Å². The van der Waals surface area contributed by atoms with Crippen LogP contribution in [0.15, 0.2) is 79.0 Å². The number of H-pyrrole nitrogens is 1. The van der Waals surface area contributed by atoms with Crippen LogP contribution in [-0.4, -0.2) is 73.0 Å². The molecule has 0 saturated carbocycles. The SMILES string of the molecule is C[C@H](c1c[nH]c2ccccc12)[C@@H](NC(=O)N1CCN(c2ccccc2F)CC1)C(=O)Nc1cccc(CN(C)C)c1. The number of benzene rings is 3. The van der Waals surface area contributed by atoms with Gasteiger partial charge >= 0.3 is 6.03 Å². The second kappa shape index (κ2) is 12.4. The van der Waals surface area contributed by atoms with Gasteiger partial charge in [0.15, 0.2) is 0 Å². The van der Waals surface area contributed by atoms with Gasteiger partial charge in [-0.25, -0.2) is 9.18 Å². The zero-order valence-corrected chi connectivity index (χ0v) is 23.7. The number of piperazine rings is 1. The van der Waals surface area contributed by atoms with Gasteiger partial charge in [-0.05, 0) is 55.6 Å². The lowest BCUT2D eigenvalue weighted by molar-refractivity contribution is -0.118. The number of anilines is 2. The average molecular weight is 557 g/mol. The maximum atomic E-state index is 14.3. The minimum Gasteiger partial charge on any atom is -0.366 e. The molecule has 0 unspecified atom stereocenters. The number of carbonyl (C=O) groups excluding carboxylic acids is 2. The van der Waals surface area contributed by atoms with E-state index >= 15 is 0 Å². The number of halogens is 1. The molecule has 1 aliphatic heterocycles. The molecule has 0 spiro atoms. The fraction of sp³-hybridized carbons (Fsp3) is 0.312. The summed E-state index contributed by atoms with van der Waals surface area (Å²) in [6, 6.07) is 21.2. The summed E-state index contributed by atoms with van der Waals surface area (Å²) in [4.78, 5) is 36.3. The summed E-state index contributed by atoms with van der Waals surface area (Å²) in [6.45, 7) is 4.54. The third-order valence-corrected chi connectivity index (χ3v) is 7.63. The molecule has 214 valence electrons. The molecule has 2 heterocycles. The fourth-order valence-electron chi connectivity index (χ4n) is 5.48. The van der Waals surface area contributed by atoms with Gasteiger partial charge in [0.25, 0.3) is 0 Å². The summed E-state index contributed by atoms with van der Waals surface area (Å²) in [5, 5.41) is 7.08. The van der Waals surface area contributed by atoms with Crippen LogP contribution in [0.25, 0.3) is 10.9 Å². The van der Waals surface area contributed by atoms with Gasteiger partial charge in [-0.2, -0.15) is 0 Å². The lowest BCUT2D eigenvalue weighted by Crippen LogP contribution is -2.56. The highest BCUT2D eigenvalue weighted by molar-refractivity contribution is 5.98. The summed E-state index contributed by atoms with van der Waals surface area (Å²) in [7, 11) is 3.99. The normalized spacial score (nSPS) is 15.1. The second-order valence-electron chi connectivity index (χ2n) is 10.9. The molecule has 1 aromatic heterocycles. The van der Waals surface area contributed by atoms with Gasteiger partial charge in [0.1, 0.15) is 11.9 Å². The molecule has 8 nitrogen and oxygen atoms in total. The molecule has 0 radical (unpaired) electrons. The van der Waals surface area contributed by atoms with Crippen molar-refractivity contribution in [3.05, 3.63) is 95.9 Å². The van der Waals surface area contributed by atoms with E-state index in [1.807, 2.05) is 86.7 Å². The maximum Gasteiger partial charge on any atom is 0.318 e. The molecule has 5 rings (SSSR count). The first-order valence-corrected chi connectivity index (χ1v) is 14.0. The van der Waals surface area contributed by atoms with Crippen LogP contribution in [0.5, 0.6) is 0 Å². The Morgan fingerprint density at radius 3 is 2.46 bits per heavy atom. The second-order valence-corrected chi connectivity index (χ2v) is 10.9. The van der Waals surface area contributed by atoms with Gasteiger partial charge in [0, 0.05) is 61.4 Å². The largest absolute Gasteiger partial charge is 0.366 e. The molecule has 4 aromatic rings. The molecule has 3 amide bonds. The summed E-state index contributed by atoms with van der Waals surface area (Å²) >= 11 is 0. The summed E-state index contributed by atoms with van der Waals surface area (Å²) in [5.74, 6) is -0.882. The van der Waals surface area contributed by atoms with E-state index in [1.54, 1.807) is 17.0 Å². The van der Waals surface area contributed by atoms with E-state index in [1.165, 1.54) is 6.07 Å². The number of aromatic nitrogens is 1. The van der Waals surface area contributed by atoms with Gasteiger partial charge < -0.3 is 30.3 Å². The predicted octanol–water partition coefficient (Wildman–Crippen LogP) is 5.01. The van der Waals surface area contributed by atoms with E-state index < -0.39 is 6.04 Å². The highest BCUT2D eigenvalue weighted by Crippen LogP contribution is 2.29. The average Bonchev–Trinajstić information content (AvgIpc) is 3.40. The first-order valence-electron chi connectivity index (χ1n) is 14.0. The number of carbonyl (C=O) groups is 2. The van der Waals surface area contributed by atoms with Crippen molar-refractivity contribution in [3.63, 3.8) is 0 Å². The van der Waals surface area contributed by atoms with Crippen LogP contribution in [0.1, 0.15) is 24.0 Å². The van der Waals surface area contributed by atoms with Crippen molar-refractivity contribution in [1.29, 1.82) is 0 Å². The zero-order valence-electron chi connectivity index (χ0n) is 23.7. The number of hydrogen-bond acceptors (Lipinski definition) is 4. The van der Waals surface area contributed by atoms with Gasteiger partial charge in [-0.1, -0.05) is 49.4 Å². The van der Waals surface area contributed by atoms with Crippen LogP contribution in [0, 0.1) is 5.82 Å². The van der Waals surface area contributed by atoms with Crippen LogP contribution in [-0.2, 0) is 11.3 Å². The number of para-hydroxylation sites is 2. The van der Waals surface area contributed by atoms with Gasteiger partial charge in [-0.3, -0.25) is 4.79 Å². The van der Waals surface area contributed by atoms with Crippen LogP contribution in [0.4, 0.5) is 20.6 Å².